The summed E-state index contributed by atoms with van der Waals surface area (Å²) in [6.45, 7) is 2.04. The normalized spacial score (nSPS) is 10.9. The van der Waals surface area contributed by atoms with Crippen molar-refractivity contribution < 1.29 is 9.18 Å². The average Bonchev–Trinajstić information content (AvgIpc) is 3.19. The molecule has 0 saturated heterocycles. The summed E-state index contributed by atoms with van der Waals surface area (Å²) >= 11 is 1.54. The van der Waals surface area contributed by atoms with Crippen LogP contribution in [0.15, 0.2) is 70.8 Å². The molecule has 28 heavy (non-hydrogen) atoms. The Kier molecular flexibility index (Phi) is 5.03. The monoisotopic (exact) mass is 393 g/mol. The molecule has 2 heterocycles. The number of carbonyl (C=O) groups excluding carboxylic acids is 1. The average molecular weight is 393 g/mol. The maximum Gasteiger partial charge on any atom is 0.255 e. The van der Waals surface area contributed by atoms with Crippen LogP contribution in [-0.4, -0.2) is 25.5 Å². The van der Waals surface area contributed by atoms with Gasteiger partial charge in [0, 0.05) is 21.8 Å². The van der Waals surface area contributed by atoms with Crippen LogP contribution >= 0.6 is 11.8 Å². The molecule has 4 aromatic rings. The van der Waals surface area contributed by atoms with Crippen LogP contribution in [0.1, 0.15) is 23.0 Å². The highest BCUT2D eigenvalue weighted by molar-refractivity contribution is 7.99. The Bertz CT molecular complexity index is 1130. The predicted octanol–water partition coefficient (Wildman–Crippen LogP) is 4.23. The molecule has 0 aliphatic heterocycles. The third-order valence-corrected chi connectivity index (χ3v) is 5.08. The fourth-order valence-corrected chi connectivity index (χ4v) is 3.54. The molecule has 6 nitrogen and oxygen atoms in total. The van der Waals surface area contributed by atoms with E-state index in [0.29, 0.717) is 17.0 Å². The summed E-state index contributed by atoms with van der Waals surface area (Å²) in [7, 11) is 0. The van der Waals surface area contributed by atoms with E-state index in [2.05, 4.69) is 20.4 Å². The lowest BCUT2D eigenvalue weighted by atomic mass is 10.2. The van der Waals surface area contributed by atoms with Crippen LogP contribution in [0.5, 0.6) is 0 Å². The number of carbonyl (C=O) groups is 1. The highest BCUT2D eigenvalue weighted by Crippen LogP contribution is 2.29. The van der Waals surface area contributed by atoms with Gasteiger partial charge in [0.15, 0.2) is 0 Å². The van der Waals surface area contributed by atoms with Crippen LogP contribution in [0.2, 0.25) is 0 Å². The fourth-order valence-electron chi connectivity index (χ4n) is 2.62. The van der Waals surface area contributed by atoms with E-state index in [1.807, 2.05) is 37.3 Å². The van der Waals surface area contributed by atoms with Crippen molar-refractivity contribution in [1.29, 1.82) is 0 Å². The SMILES string of the molecule is CCc1cc(Sc2ccc(NC(=O)c3ccc(F)cc3)cc2)n2ncnc2n1. The first-order chi connectivity index (χ1) is 13.6. The number of nitrogens with zero attached hydrogens (tertiary/aromatic N) is 4. The topological polar surface area (TPSA) is 72.2 Å². The molecule has 2 aromatic heterocycles. The standard InChI is InChI=1S/C20H16FN5OS/c1-2-15-11-18(26-20(25-15)22-12-23-26)28-17-9-7-16(8-10-17)24-19(27)13-3-5-14(21)6-4-13/h3-12H,2H2,1H3,(H,24,27). The molecular formula is C20H16FN5OS. The minimum atomic E-state index is -0.373. The Balaban J connectivity index is 1.50. The summed E-state index contributed by atoms with van der Waals surface area (Å²) < 4.78 is 14.7. The minimum absolute atomic E-state index is 0.286. The Morgan fingerprint density at radius 2 is 1.89 bits per heavy atom. The van der Waals surface area contributed by atoms with Gasteiger partial charge >= 0.3 is 0 Å². The van der Waals surface area contributed by atoms with Crippen molar-refractivity contribution in [2.24, 2.45) is 0 Å². The first-order valence-electron chi connectivity index (χ1n) is 8.67. The third-order valence-electron chi connectivity index (χ3n) is 4.08. The molecule has 0 radical (unpaired) electrons. The number of fused-ring (bicyclic) bond motifs is 1. The summed E-state index contributed by atoms with van der Waals surface area (Å²) in [4.78, 5) is 21.8. The van der Waals surface area contributed by atoms with Gasteiger partial charge in [-0.2, -0.15) is 14.6 Å². The number of aryl methyl sites for hydroxylation is 1. The summed E-state index contributed by atoms with van der Waals surface area (Å²) in [5.41, 5.74) is 2.01. The smallest absolute Gasteiger partial charge is 0.255 e. The zero-order chi connectivity index (χ0) is 19.5. The number of halogens is 1. The number of hydrogen-bond donors (Lipinski definition) is 1. The van der Waals surface area contributed by atoms with Gasteiger partial charge in [-0.3, -0.25) is 4.79 Å². The van der Waals surface area contributed by atoms with Crippen molar-refractivity contribution in [3.05, 3.63) is 78.0 Å². The van der Waals surface area contributed by atoms with Crippen LogP contribution in [0.3, 0.4) is 0 Å². The highest BCUT2D eigenvalue weighted by Gasteiger charge is 2.10. The second-order valence-corrected chi connectivity index (χ2v) is 7.09. The van der Waals surface area contributed by atoms with Gasteiger partial charge in [-0.15, -0.1) is 0 Å². The molecular weight excluding hydrogens is 377 g/mol. The number of amides is 1. The van der Waals surface area contributed by atoms with Crippen molar-refractivity contribution >= 4 is 29.1 Å². The van der Waals surface area contributed by atoms with Gasteiger partial charge in [-0.1, -0.05) is 18.7 Å². The van der Waals surface area contributed by atoms with Gasteiger partial charge in [0.25, 0.3) is 11.7 Å². The van der Waals surface area contributed by atoms with Crippen molar-refractivity contribution in [3.8, 4) is 0 Å². The number of benzene rings is 2. The fraction of sp³-hybridized carbons (Fsp3) is 0.100. The molecule has 2 aromatic carbocycles. The lowest BCUT2D eigenvalue weighted by Gasteiger charge is -2.08. The number of rotatable bonds is 5. The predicted molar refractivity (Wildman–Crippen MR) is 105 cm³/mol. The highest BCUT2D eigenvalue weighted by atomic mass is 32.2. The van der Waals surface area contributed by atoms with E-state index in [1.54, 1.807) is 16.3 Å². The maximum atomic E-state index is 13.0. The van der Waals surface area contributed by atoms with Gasteiger partial charge in [-0.25, -0.2) is 9.37 Å². The Hall–Kier alpha value is -3.26. The number of nitrogens with one attached hydrogen (secondary N) is 1. The molecule has 8 heteroatoms. The van der Waals surface area contributed by atoms with Crippen molar-refractivity contribution in [1.82, 2.24) is 19.6 Å². The second kappa shape index (κ2) is 7.77. The van der Waals surface area contributed by atoms with Crippen LogP contribution in [0, 0.1) is 5.82 Å². The summed E-state index contributed by atoms with van der Waals surface area (Å²) in [5, 5.41) is 7.95. The third kappa shape index (κ3) is 3.86. The molecule has 0 fully saturated rings. The molecule has 0 aliphatic carbocycles. The molecule has 4 rings (SSSR count). The van der Waals surface area contributed by atoms with Gasteiger partial charge in [-0.05, 0) is 61.0 Å². The second-order valence-electron chi connectivity index (χ2n) is 6.00. The van der Waals surface area contributed by atoms with Gasteiger partial charge in [0.05, 0.1) is 0 Å². The van der Waals surface area contributed by atoms with Gasteiger partial charge in [0.2, 0.25) is 0 Å². The van der Waals surface area contributed by atoms with Crippen molar-refractivity contribution in [2.45, 2.75) is 23.3 Å². The van der Waals surface area contributed by atoms with E-state index in [4.69, 9.17) is 0 Å². The Labute approximate surface area is 164 Å². The van der Waals surface area contributed by atoms with E-state index < -0.39 is 0 Å². The zero-order valence-electron chi connectivity index (χ0n) is 15.0. The zero-order valence-corrected chi connectivity index (χ0v) is 15.8. The molecule has 0 unspecified atom stereocenters. The first kappa shape index (κ1) is 18.1. The Morgan fingerprint density at radius 1 is 1.14 bits per heavy atom. The van der Waals surface area contributed by atoms with E-state index >= 15 is 0 Å². The Morgan fingerprint density at radius 3 is 2.61 bits per heavy atom. The van der Waals surface area contributed by atoms with E-state index in [9.17, 15) is 9.18 Å². The van der Waals surface area contributed by atoms with E-state index in [1.165, 1.54) is 30.6 Å². The molecule has 0 bridgehead atoms. The molecule has 0 spiro atoms. The number of anilines is 1. The van der Waals surface area contributed by atoms with Crippen LogP contribution in [0.25, 0.3) is 5.78 Å². The summed E-state index contributed by atoms with van der Waals surface area (Å²) in [5.74, 6) is -0.0850. The lowest BCUT2D eigenvalue weighted by Crippen LogP contribution is -2.11. The molecule has 1 amide bonds. The maximum absolute atomic E-state index is 13.0. The van der Waals surface area contributed by atoms with Crippen molar-refractivity contribution in [2.75, 3.05) is 5.32 Å². The van der Waals surface area contributed by atoms with Crippen molar-refractivity contribution in [3.63, 3.8) is 0 Å². The van der Waals surface area contributed by atoms with E-state index in [-0.39, 0.29) is 11.7 Å². The summed E-state index contributed by atoms with van der Waals surface area (Å²) in [6.07, 6.45) is 2.30. The molecule has 140 valence electrons. The lowest BCUT2D eigenvalue weighted by molar-refractivity contribution is 0.102. The number of aromatic nitrogens is 4. The molecule has 0 aliphatic rings. The van der Waals surface area contributed by atoms with Crippen LogP contribution in [0.4, 0.5) is 10.1 Å². The van der Waals surface area contributed by atoms with Gasteiger partial charge in [0.1, 0.15) is 17.2 Å². The molecule has 0 atom stereocenters. The first-order valence-corrected chi connectivity index (χ1v) is 9.48. The van der Waals surface area contributed by atoms with Gasteiger partial charge < -0.3 is 5.32 Å². The number of hydrogen-bond acceptors (Lipinski definition) is 5. The summed E-state index contributed by atoms with van der Waals surface area (Å²) in [6, 6.07) is 14.9. The quantitative estimate of drug-likeness (QED) is 0.514. The van der Waals surface area contributed by atoms with Crippen LogP contribution in [-0.2, 0) is 6.42 Å². The van der Waals surface area contributed by atoms with E-state index in [0.717, 1.165) is 22.0 Å². The molecule has 1 N–H and O–H groups in total. The molecule has 0 saturated carbocycles. The largest absolute Gasteiger partial charge is 0.322 e. The van der Waals surface area contributed by atoms with Crippen LogP contribution < -0.4 is 5.32 Å². The minimum Gasteiger partial charge on any atom is -0.322 e.